The van der Waals surface area contributed by atoms with Crippen LogP contribution in [0, 0.1) is 35.0 Å². The molecule has 13 nitrogen and oxygen atoms in total. The second kappa shape index (κ2) is 16.6. The van der Waals surface area contributed by atoms with Crippen LogP contribution in [0.1, 0.15) is 78.1 Å². The van der Waals surface area contributed by atoms with Crippen molar-refractivity contribution in [2.75, 3.05) is 46.1 Å². The summed E-state index contributed by atoms with van der Waals surface area (Å²) in [4.78, 5) is 20.2. The van der Waals surface area contributed by atoms with Crippen molar-refractivity contribution in [2.24, 2.45) is 67.9 Å². The van der Waals surface area contributed by atoms with E-state index in [1.54, 1.807) is 0 Å². The van der Waals surface area contributed by atoms with Gasteiger partial charge < -0.3 is 32.4 Å². The highest BCUT2D eigenvalue weighted by atomic mass is 31.2. The van der Waals surface area contributed by atoms with Gasteiger partial charge in [-0.1, -0.05) is 31.9 Å². The number of carbonyl (C=O) groups excluding carboxylic acids is 1. The van der Waals surface area contributed by atoms with Crippen LogP contribution in [0.5, 0.6) is 0 Å². The summed E-state index contributed by atoms with van der Waals surface area (Å²) < 4.78 is 35.2. The van der Waals surface area contributed by atoms with Crippen LogP contribution in [0.3, 0.4) is 0 Å². The summed E-state index contributed by atoms with van der Waals surface area (Å²) in [6.45, 7) is 5.68. The Morgan fingerprint density at radius 2 is 1.69 bits per heavy atom. The van der Waals surface area contributed by atoms with E-state index in [2.05, 4.69) is 35.0 Å². The summed E-state index contributed by atoms with van der Waals surface area (Å²) in [5.74, 6) is 3.64. The van der Waals surface area contributed by atoms with Gasteiger partial charge in [-0.2, -0.15) is 0 Å². The molecule has 4 aliphatic rings. The predicted octanol–water partition coefficient (Wildman–Crippen LogP) is 3.18. The molecule has 7 unspecified atom stereocenters. The molecule has 9 N–H and O–H groups in total. The van der Waals surface area contributed by atoms with Gasteiger partial charge in [0.05, 0.1) is 45.9 Å². The smallest absolute Gasteiger partial charge is 0.405 e. The fraction of sp³-hybridized carbons (Fsp3) is 0.839. The van der Waals surface area contributed by atoms with Gasteiger partial charge in [-0.15, -0.1) is 0 Å². The molecule has 0 aliphatic heterocycles. The van der Waals surface area contributed by atoms with E-state index in [4.69, 9.17) is 41.5 Å². The van der Waals surface area contributed by atoms with Crippen LogP contribution in [0.4, 0.5) is 0 Å². The number of fused-ring (bicyclic) bond motifs is 5. The number of nitrogens with one attached hydrogen (secondary N) is 1. The Hall–Kier alpha value is -2.18. The molecule has 7 atom stereocenters. The van der Waals surface area contributed by atoms with E-state index in [0.29, 0.717) is 11.3 Å². The molecule has 0 spiro atoms. The number of nitrogens with two attached hydrogens (primary N) is 4. The van der Waals surface area contributed by atoms with E-state index in [9.17, 15) is 9.36 Å². The second-order valence-corrected chi connectivity index (χ2v) is 15.1. The molecule has 0 aromatic rings. The largest absolute Gasteiger partial charge is 0.462 e. The molecule has 0 aromatic carbocycles. The first-order valence-corrected chi connectivity index (χ1v) is 18.3. The van der Waals surface area contributed by atoms with Crippen molar-refractivity contribution >= 4 is 25.6 Å². The highest BCUT2D eigenvalue weighted by Crippen LogP contribution is 2.63. The number of hydrogen-bond donors (Lipinski definition) is 5. The lowest BCUT2D eigenvalue weighted by atomic mass is 9.51. The van der Waals surface area contributed by atoms with Gasteiger partial charge in [0.25, 0.3) is 0 Å². The Kier molecular flexibility index (Phi) is 13.1. The van der Waals surface area contributed by atoms with Gasteiger partial charge in [0.15, 0.2) is 11.9 Å². The van der Waals surface area contributed by atoms with Crippen LogP contribution in [-0.2, 0) is 27.9 Å². The number of guanidine groups is 2. The van der Waals surface area contributed by atoms with Gasteiger partial charge in [-0.05, 0) is 80.0 Å². The zero-order chi connectivity index (χ0) is 32.5. The van der Waals surface area contributed by atoms with Gasteiger partial charge in [-0.25, -0.2) is 9.65 Å². The molecule has 3 saturated carbocycles. The number of aliphatic imine (C=N–C) groups is 2. The molecular weight excluding hydrogens is 597 g/mol. The average Bonchev–Trinajstić information content (AvgIpc) is 3.35. The molecular formula is C31H56N7O6P. The Morgan fingerprint density at radius 1 is 0.978 bits per heavy atom. The highest BCUT2D eigenvalue weighted by molar-refractivity contribution is 7.51. The van der Waals surface area contributed by atoms with E-state index in [1.807, 2.05) is 0 Å². The standard InChI is InChI=1S/C31H56N7O6P/c1-3-22-5-9-27-26-7-4-21-20-23(6-8-24(21)25(26)10-12-31(22,27)2)44-28(39)11-16-41-17-15-38-45(40,42-18-13-36-29(32)33)43-19-14-37-30(34)35/h4,22-27H,3,5-20H2,1-2H3,(H,38,40)(H4,32,33,36)(H4,34,35,37). The molecule has 4 rings (SSSR count). The van der Waals surface area contributed by atoms with E-state index in [0.717, 1.165) is 42.9 Å². The predicted molar refractivity (Wildman–Crippen MR) is 175 cm³/mol. The van der Waals surface area contributed by atoms with Gasteiger partial charge in [0.2, 0.25) is 0 Å². The van der Waals surface area contributed by atoms with Crippen molar-refractivity contribution in [2.45, 2.75) is 84.2 Å². The average molecular weight is 654 g/mol. The van der Waals surface area contributed by atoms with Crippen LogP contribution in [-0.4, -0.2) is 70.1 Å². The van der Waals surface area contributed by atoms with Gasteiger partial charge in [0, 0.05) is 13.0 Å². The topological polar surface area (TPSA) is 212 Å². The van der Waals surface area contributed by atoms with E-state index in [1.165, 1.54) is 44.1 Å². The Labute approximate surface area is 268 Å². The molecule has 45 heavy (non-hydrogen) atoms. The molecule has 14 heteroatoms. The minimum Gasteiger partial charge on any atom is -0.462 e. The molecule has 3 fully saturated rings. The third kappa shape index (κ3) is 9.67. The first-order chi connectivity index (χ1) is 21.5. The van der Waals surface area contributed by atoms with Gasteiger partial charge in [0.1, 0.15) is 6.10 Å². The maximum Gasteiger partial charge on any atom is 0.405 e. The number of hydrogen-bond acceptors (Lipinski definition) is 8. The lowest BCUT2D eigenvalue weighted by molar-refractivity contribution is -0.151. The van der Waals surface area contributed by atoms with Gasteiger partial charge in [-0.3, -0.25) is 23.8 Å². The first kappa shape index (κ1) is 35.7. The highest BCUT2D eigenvalue weighted by Gasteiger charge is 2.55. The first-order valence-electron chi connectivity index (χ1n) is 16.8. The number of ether oxygens (including phenoxy) is 2. The van der Waals surface area contributed by atoms with Crippen LogP contribution in [0.25, 0.3) is 0 Å². The molecule has 0 radical (unpaired) electrons. The van der Waals surface area contributed by atoms with Crippen LogP contribution in [0.15, 0.2) is 21.6 Å². The molecule has 0 amide bonds. The number of esters is 1. The third-order valence-corrected chi connectivity index (χ3v) is 12.3. The molecule has 256 valence electrons. The van der Waals surface area contributed by atoms with Crippen molar-refractivity contribution < 1.29 is 27.9 Å². The zero-order valence-corrected chi connectivity index (χ0v) is 28.1. The molecule has 4 aliphatic carbocycles. The normalized spacial score (nSPS) is 30.8. The summed E-state index contributed by atoms with van der Waals surface area (Å²) in [7, 11) is -3.69. The second-order valence-electron chi connectivity index (χ2n) is 13.2. The monoisotopic (exact) mass is 653 g/mol. The fourth-order valence-corrected chi connectivity index (χ4v) is 9.94. The van der Waals surface area contributed by atoms with E-state index < -0.39 is 7.75 Å². The maximum absolute atomic E-state index is 13.0. The Bertz CT molecular complexity index is 1100. The summed E-state index contributed by atoms with van der Waals surface area (Å²) >= 11 is 0. The number of nitrogens with zero attached hydrogens (tertiary/aromatic N) is 2. The summed E-state index contributed by atoms with van der Waals surface area (Å²) in [6.07, 6.45) is 13.6. The molecule has 0 aromatic heterocycles. The minimum absolute atomic E-state index is 0.0312. The lowest BCUT2D eigenvalue weighted by Crippen LogP contribution is -2.46. The van der Waals surface area contributed by atoms with Gasteiger partial charge >= 0.3 is 13.7 Å². The molecule has 0 saturated heterocycles. The number of allylic oxidation sites excluding steroid dienone is 1. The number of rotatable bonds is 17. The van der Waals surface area contributed by atoms with E-state index >= 15 is 0 Å². The summed E-state index contributed by atoms with van der Waals surface area (Å²) in [5, 5.41) is 2.73. The Morgan fingerprint density at radius 3 is 2.36 bits per heavy atom. The van der Waals surface area contributed by atoms with E-state index in [-0.39, 0.29) is 76.5 Å². The van der Waals surface area contributed by atoms with Crippen molar-refractivity contribution in [3.8, 4) is 0 Å². The molecule has 0 heterocycles. The van der Waals surface area contributed by atoms with Crippen LogP contribution >= 0.6 is 7.75 Å². The van der Waals surface area contributed by atoms with Crippen LogP contribution in [0.2, 0.25) is 0 Å². The quantitative estimate of drug-likeness (QED) is 0.0384. The summed E-state index contributed by atoms with van der Waals surface area (Å²) in [5.41, 5.74) is 23.3. The third-order valence-electron chi connectivity index (χ3n) is 10.7. The van der Waals surface area contributed by atoms with Crippen molar-refractivity contribution in [3.63, 3.8) is 0 Å². The lowest BCUT2D eigenvalue weighted by Gasteiger charge is -2.54. The zero-order valence-electron chi connectivity index (χ0n) is 27.2. The Balaban J connectivity index is 1.14. The van der Waals surface area contributed by atoms with Crippen LogP contribution < -0.4 is 28.0 Å². The maximum atomic E-state index is 13.0. The number of carbonyl (C=O) groups is 1. The molecule has 0 bridgehead atoms. The minimum atomic E-state index is -3.69. The fourth-order valence-electron chi connectivity index (χ4n) is 8.67. The SMILES string of the molecule is CCC1CCC2C3CC=C4CC(OC(=O)CCOCCNP(=O)(OCCN=C(N)N)OCCN=C(N)N)CCC4C3CCC12C. The van der Waals surface area contributed by atoms with Crippen molar-refractivity contribution in [1.82, 2.24) is 5.09 Å². The van der Waals surface area contributed by atoms with Crippen molar-refractivity contribution in [3.05, 3.63) is 11.6 Å². The van der Waals surface area contributed by atoms with Crippen molar-refractivity contribution in [1.29, 1.82) is 0 Å². The summed E-state index contributed by atoms with van der Waals surface area (Å²) in [6, 6.07) is 0.